The van der Waals surface area contributed by atoms with E-state index in [0.717, 1.165) is 36.9 Å². The Morgan fingerprint density at radius 2 is 2.09 bits per heavy atom. The Hall–Kier alpha value is -2.10. The van der Waals surface area contributed by atoms with Crippen LogP contribution in [0, 0.1) is 5.92 Å². The largest absolute Gasteiger partial charge is 0.461 e. The summed E-state index contributed by atoms with van der Waals surface area (Å²) in [6.07, 6.45) is 5.66. The summed E-state index contributed by atoms with van der Waals surface area (Å²) in [5.74, 6) is -0.346. The van der Waals surface area contributed by atoms with Crippen LogP contribution in [-0.2, 0) is 10.1 Å². The molecule has 2 aliphatic heterocycles. The summed E-state index contributed by atoms with van der Waals surface area (Å²) < 4.78 is 34.8. The third-order valence-electron chi connectivity index (χ3n) is 6.36. The van der Waals surface area contributed by atoms with Gasteiger partial charge in [-0.2, -0.15) is 13.9 Å². The van der Waals surface area contributed by atoms with Gasteiger partial charge < -0.3 is 4.74 Å². The molecule has 5 heterocycles. The first-order chi connectivity index (χ1) is 15.4. The maximum Gasteiger partial charge on any atom is 0.364 e. The van der Waals surface area contributed by atoms with Crippen LogP contribution in [0.1, 0.15) is 48.3 Å². The van der Waals surface area contributed by atoms with Gasteiger partial charge in [-0.3, -0.25) is 4.90 Å². The van der Waals surface area contributed by atoms with Gasteiger partial charge in [0, 0.05) is 18.0 Å². The number of aromatic nitrogens is 3. The SMILES string of the molecule is O=C(OC[C@@H]1CCCN2CCCC[C@@H]12)c1cc2nc(-c3cccs3)cc(C(F)(F)Cl)n2n1. The molecule has 0 spiro atoms. The summed E-state index contributed by atoms with van der Waals surface area (Å²) >= 11 is 6.72. The van der Waals surface area contributed by atoms with Crippen LogP contribution in [0.5, 0.6) is 0 Å². The van der Waals surface area contributed by atoms with E-state index in [9.17, 15) is 13.6 Å². The molecule has 0 N–H and O–H groups in total. The van der Waals surface area contributed by atoms with Crippen molar-refractivity contribution in [1.29, 1.82) is 0 Å². The Balaban J connectivity index is 1.38. The van der Waals surface area contributed by atoms with Crippen LogP contribution >= 0.6 is 22.9 Å². The molecule has 2 aliphatic rings. The molecule has 0 amide bonds. The first kappa shape index (κ1) is 21.7. The average molecular weight is 481 g/mol. The minimum Gasteiger partial charge on any atom is -0.461 e. The van der Waals surface area contributed by atoms with Gasteiger partial charge in [0.15, 0.2) is 11.3 Å². The molecule has 2 atom stereocenters. The molecule has 0 radical (unpaired) electrons. The Kier molecular flexibility index (Phi) is 5.90. The van der Waals surface area contributed by atoms with E-state index in [1.165, 1.54) is 36.3 Å². The smallest absolute Gasteiger partial charge is 0.364 e. The fraction of sp³-hybridized carbons (Fsp3) is 0.500. The minimum absolute atomic E-state index is 0.0562. The van der Waals surface area contributed by atoms with Gasteiger partial charge >= 0.3 is 11.4 Å². The number of ether oxygens (including phenoxy) is 1. The predicted octanol–water partition coefficient (Wildman–Crippen LogP) is 5.17. The van der Waals surface area contributed by atoms with Gasteiger partial charge in [-0.1, -0.05) is 12.5 Å². The van der Waals surface area contributed by atoms with Crippen molar-refractivity contribution in [2.45, 2.75) is 43.5 Å². The van der Waals surface area contributed by atoms with Gasteiger partial charge in [-0.25, -0.2) is 14.3 Å². The molecular weight excluding hydrogens is 458 g/mol. The lowest BCUT2D eigenvalue weighted by molar-refractivity contribution is 0.00696. The standard InChI is InChI=1S/C22H23ClF2N4O2S/c23-22(24,25)19-11-15(18-7-4-10-32-18)26-20-12-16(27-29(19)20)21(30)31-13-14-5-3-9-28-8-2-1-6-17(14)28/h4,7,10-12,14,17H,1-3,5-6,8-9,13H2/t14-,17-/m0/s1. The first-order valence-electron chi connectivity index (χ1n) is 10.8. The zero-order valence-corrected chi connectivity index (χ0v) is 18.9. The van der Waals surface area contributed by atoms with Crippen molar-refractivity contribution in [3.8, 4) is 10.6 Å². The number of carbonyl (C=O) groups excluding carboxylic acids is 1. The quantitative estimate of drug-likeness (QED) is 0.372. The van der Waals surface area contributed by atoms with Crippen LogP contribution in [0.2, 0.25) is 0 Å². The average Bonchev–Trinajstić information content (AvgIpc) is 3.46. The number of hydrogen-bond acceptors (Lipinski definition) is 6. The molecule has 0 saturated carbocycles. The van der Waals surface area contributed by atoms with E-state index in [1.54, 1.807) is 6.07 Å². The Bertz CT molecular complexity index is 1110. The molecule has 3 aromatic rings. The van der Waals surface area contributed by atoms with Gasteiger partial charge in [-0.15, -0.1) is 11.3 Å². The summed E-state index contributed by atoms with van der Waals surface area (Å²) in [6, 6.07) is 6.61. The number of hydrogen-bond donors (Lipinski definition) is 0. The maximum atomic E-state index is 14.1. The molecule has 0 aliphatic carbocycles. The van der Waals surface area contributed by atoms with Crippen LogP contribution in [0.15, 0.2) is 29.6 Å². The molecule has 0 unspecified atom stereocenters. The molecule has 32 heavy (non-hydrogen) atoms. The highest BCUT2D eigenvalue weighted by atomic mass is 35.5. The highest BCUT2D eigenvalue weighted by Crippen LogP contribution is 2.36. The number of esters is 1. The van der Waals surface area contributed by atoms with Gasteiger partial charge in [0.1, 0.15) is 5.69 Å². The molecule has 170 valence electrons. The van der Waals surface area contributed by atoms with E-state index in [-0.39, 0.29) is 17.3 Å². The summed E-state index contributed by atoms with van der Waals surface area (Å²) in [5.41, 5.74) is -0.132. The van der Waals surface area contributed by atoms with Gasteiger partial charge in [0.25, 0.3) is 0 Å². The second-order valence-electron chi connectivity index (χ2n) is 8.40. The van der Waals surface area contributed by atoms with E-state index in [4.69, 9.17) is 16.3 Å². The fourth-order valence-electron chi connectivity index (χ4n) is 4.85. The number of carbonyl (C=O) groups is 1. The minimum atomic E-state index is -3.67. The molecular formula is C22H23ClF2N4O2S. The maximum absolute atomic E-state index is 14.1. The van der Waals surface area contributed by atoms with Gasteiger partial charge in [0.2, 0.25) is 0 Å². The first-order valence-corrected chi connectivity index (χ1v) is 12.1. The van der Waals surface area contributed by atoms with E-state index in [2.05, 4.69) is 15.0 Å². The highest BCUT2D eigenvalue weighted by Gasteiger charge is 2.35. The number of fused-ring (bicyclic) bond motifs is 2. The van der Waals surface area contributed by atoms with E-state index in [1.807, 2.05) is 11.4 Å². The van der Waals surface area contributed by atoms with Crippen molar-refractivity contribution < 1.29 is 18.3 Å². The Morgan fingerprint density at radius 1 is 1.25 bits per heavy atom. The molecule has 2 saturated heterocycles. The number of nitrogens with zero attached hydrogens (tertiary/aromatic N) is 4. The van der Waals surface area contributed by atoms with Crippen molar-refractivity contribution in [1.82, 2.24) is 19.5 Å². The molecule has 0 aromatic carbocycles. The summed E-state index contributed by atoms with van der Waals surface area (Å²) in [4.78, 5) is 20.4. The third-order valence-corrected chi connectivity index (χ3v) is 7.44. The zero-order valence-electron chi connectivity index (χ0n) is 17.3. The van der Waals surface area contributed by atoms with Crippen LogP contribution in [0.3, 0.4) is 0 Å². The van der Waals surface area contributed by atoms with Crippen LogP contribution in [0.4, 0.5) is 8.78 Å². The molecule has 2 fully saturated rings. The lowest BCUT2D eigenvalue weighted by atomic mass is 9.84. The van der Waals surface area contributed by atoms with Crippen molar-refractivity contribution in [3.63, 3.8) is 0 Å². The highest BCUT2D eigenvalue weighted by molar-refractivity contribution is 7.13. The predicted molar refractivity (Wildman–Crippen MR) is 118 cm³/mol. The number of halogens is 3. The van der Waals surface area contributed by atoms with E-state index in [0.29, 0.717) is 23.2 Å². The lowest BCUT2D eigenvalue weighted by Gasteiger charge is -2.44. The lowest BCUT2D eigenvalue weighted by Crippen LogP contribution is -2.49. The summed E-state index contributed by atoms with van der Waals surface area (Å²) in [7, 11) is 0. The van der Waals surface area contributed by atoms with Crippen molar-refractivity contribution >= 4 is 34.6 Å². The van der Waals surface area contributed by atoms with Crippen LogP contribution in [-0.4, -0.2) is 51.2 Å². The number of piperidine rings is 2. The normalized spacial score (nSPS) is 22.1. The summed E-state index contributed by atoms with van der Waals surface area (Å²) in [5, 5.41) is 2.21. The van der Waals surface area contributed by atoms with Crippen molar-refractivity contribution in [2.75, 3.05) is 19.7 Å². The fourth-order valence-corrected chi connectivity index (χ4v) is 5.68. The third kappa shape index (κ3) is 4.25. The monoisotopic (exact) mass is 480 g/mol. The van der Waals surface area contributed by atoms with Crippen LogP contribution in [0.25, 0.3) is 16.2 Å². The Labute approximate surface area is 193 Å². The molecule has 0 bridgehead atoms. The van der Waals surface area contributed by atoms with Gasteiger partial charge in [-0.05, 0) is 67.9 Å². The molecule has 6 nitrogen and oxygen atoms in total. The van der Waals surface area contributed by atoms with Crippen LogP contribution < -0.4 is 0 Å². The number of rotatable bonds is 5. The summed E-state index contributed by atoms with van der Waals surface area (Å²) in [6.45, 7) is 2.52. The van der Waals surface area contributed by atoms with Crippen molar-refractivity contribution in [3.05, 3.63) is 41.0 Å². The zero-order chi connectivity index (χ0) is 22.3. The molecule has 5 rings (SSSR count). The molecule has 3 aromatic heterocycles. The number of thiophene rings is 1. The van der Waals surface area contributed by atoms with Gasteiger partial charge in [0.05, 0.1) is 17.2 Å². The number of alkyl halides is 3. The second kappa shape index (κ2) is 8.68. The van der Waals surface area contributed by atoms with Crippen molar-refractivity contribution in [2.24, 2.45) is 5.92 Å². The topological polar surface area (TPSA) is 59.7 Å². The van der Waals surface area contributed by atoms with E-state index >= 15 is 0 Å². The molecule has 10 heteroatoms. The Morgan fingerprint density at radius 3 is 2.88 bits per heavy atom. The van der Waals surface area contributed by atoms with E-state index < -0.39 is 17.0 Å². The second-order valence-corrected chi connectivity index (χ2v) is 9.82.